The summed E-state index contributed by atoms with van der Waals surface area (Å²) < 4.78 is 7.71. The highest BCUT2D eigenvalue weighted by Crippen LogP contribution is 2.29. The molecule has 1 aromatic rings. The summed E-state index contributed by atoms with van der Waals surface area (Å²) in [4.78, 5) is 6.75. The molecule has 0 radical (unpaired) electrons. The van der Waals surface area contributed by atoms with Crippen LogP contribution in [0.4, 0.5) is 0 Å². The van der Waals surface area contributed by atoms with Gasteiger partial charge in [0.15, 0.2) is 0 Å². The molecule has 2 rings (SSSR count). The first kappa shape index (κ1) is 14.5. The molecule has 0 amide bonds. The second-order valence-electron chi connectivity index (χ2n) is 5.71. The third-order valence-corrected chi connectivity index (χ3v) is 3.87. The Bertz CT molecular complexity index is 385. The molecule has 0 aromatic carbocycles. The van der Waals surface area contributed by atoms with Gasteiger partial charge in [-0.05, 0) is 20.0 Å². The second kappa shape index (κ2) is 6.50. The van der Waals surface area contributed by atoms with Crippen molar-refractivity contribution < 1.29 is 4.74 Å². The number of aryl methyl sites for hydroxylation is 1. The highest BCUT2D eigenvalue weighted by molar-refractivity contribution is 4.93. The van der Waals surface area contributed by atoms with Crippen LogP contribution in [-0.4, -0.2) is 54.3 Å². The first-order valence-electron chi connectivity index (χ1n) is 7.08. The Hall–Kier alpha value is -0.910. The van der Waals surface area contributed by atoms with Crippen LogP contribution in [-0.2, 0) is 18.3 Å². The summed E-state index contributed by atoms with van der Waals surface area (Å²) >= 11 is 0. The lowest BCUT2D eigenvalue weighted by Crippen LogP contribution is -2.43. The molecule has 1 aromatic heterocycles. The number of hydrogen-bond acceptors (Lipinski definition) is 4. The van der Waals surface area contributed by atoms with E-state index in [1.165, 1.54) is 0 Å². The molecule has 1 aliphatic rings. The molecule has 0 spiro atoms. The zero-order valence-electron chi connectivity index (χ0n) is 12.4. The number of rotatable bonds is 7. The predicted molar refractivity (Wildman–Crippen MR) is 76.0 cm³/mol. The van der Waals surface area contributed by atoms with E-state index in [4.69, 9.17) is 4.74 Å². The molecule has 5 nitrogen and oxygen atoms in total. The summed E-state index contributed by atoms with van der Waals surface area (Å²) in [5, 5.41) is 3.48. The van der Waals surface area contributed by atoms with Crippen molar-refractivity contribution in [1.29, 1.82) is 0 Å². The predicted octanol–water partition coefficient (Wildman–Crippen LogP) is 0.868. The SMILES string of the molecule is CCNCC1(CN(C)Cc2nccn2C)CCOC1. The molecule has 0 saturated carbocycles. The maximum Gasteiger partial charge on any atom is 0.122 e. The Labute approximate surface area is 116 Å². The van der Waals surface area contributed by atoms with Gasteiger partial charge in [-0.2, -0.15) is 0 Å². The van der Waals surface area contributed by atoms with E-state index < -0.39 is 0 Å². The Morgan fingerprint density at radius 1 is 1.58 bits per heavy atom. The van der Waals surface area contributed by atoms with Crippen LogP contribution < -0.4 is 5.32 Å². The molecule has 1 saturated heterocycles. The van der Waals surface area contributed by atoms with E-state index >= 15 is 0 Å². The average Bonchev–Trinajstić information content (AvgIpc) is 2.98. The number of ether oxygens (including phenoxy) is 1. The van der Waals surface area contributed by atoms with E-state index in [2.05, 4.69) is 33.7 Å². The first-order valence-corrected chi connectivity index (χ1v) is 7.08. The Balaban J connectivity index is 1.91. The van der Waals surface area contributed by atoms with Crippen LogP contribution in [0.1, 0.15) is 19.2 Å². The number of aromatic nitrogens is 2. The highest BCUT2D eigenvalue weighted by Gasteiger charge is 2.35. The van der Waals surface area contributed by atoms with Gasteiger partial charge in [-0.3, -0.25) is 4.90 Å². The maximum atomic E-state index is 5.63. The van der Waals surface area contributed by atoms with E-state index in [0.717, 1.165) is 51.6 Å². The quantitative estimate of drug-likeness (QED) is 0.795. The van der Waals surface area contributed by atoms with Crippen LogP contribution >= 0.6 is 0 Å². The van der Waals surface area contributed by atoms with Gasteiger partial charge in [-0.15, -0.1) is 0 Å². The van der Waals surface area contributed by atoms with E-state index in [1.54, 1.807) is 0 Å². The van der Waals surface area contributed by atoms with Gasteiger partial charge in [0, 0.05) is 44.6 Å². The van der Waals surface area contributed by atoms with Crippen LogP contribution in [0.5, 0.6) is 0 Å². The largest absolute Gasteiger partial charge is 0.381 e. The van der Waals surface area contributed by atoms with Gasteiger partial charge in [0.1, 0.15) is 5.82 Å². The fourth-order valence-electron chi connectivity index (χ4n) is 2.78. The fourth-order valence-corrected chi connectivity index (χ4v) is 2.78. The van der Waals surface area contributed by atoms with Crippen molar-refractivity contribution in [1.82, 2.24) is 19.8 Å². The topological polar surface area (TPSA) is 42.3 Å². The Kier molecular flexibility index (Phi) is 4.96. The molecule has 0 bridgehead atoms. The van der Waals surface area contributed by atoms with E-state index in [9.17, 15) is 0 Å². The van der Waals surface area contributed by atoms with Crippen molar-refractivity contribution in [2.75, 3.05) is 39.9 Å². The molecule has 1 atom stereocenters. The number of hydrogen-bond donors (Lipinski definition) is 1. The van der Waals surface area contributed by atoms with Crippen molar-refractivity contribution in [2.24, 2.45) is 12.5 Å². The van der Waals surface area contributed by atoms with Crippen LogP contribution in [0, 0.1) is 5.41 Å². The Morgan fingerprint density at radius 2 is 2.42 bits per heavy atom. The molecule has 108 valence electrons. The van der Waals surface area contributed by atoms with Crippen LogP contribution in [0.2, 0.25) is 0 Å². The summed E-state index contributed by atoms with van der Waals surface area (Å²) in [6.07, 6.45) is 5.00. The number of imidazole rings is 1. The molecule has 19 heavy (non-hydrogen) atoms. The zero-order valence-corrected chi connectivity index (χ0v) is 12.4. The van der Waals surface area contributed by atoms with Crippen molar-refractivity contribution in [2.45, 2.75) is 19.9 Å². The van der Waals surface area contributed by atoms with E-state index in [0.29, 0.717) is 0 Å². The normalized spacial score (nSPS) is 23.4. The van der Waals surface area contributed by atoms with E-state index in [1.807, 2.05) is 19.4 Å². The molecule has 1 aliphatic heterocycles. The van der Waals surface area contributed by atoms with Crippen molar-refractivity contribution in [3.63, 3.8) is 0 Å². The van der Waals surface area contributed by atoms with Crippen LogP contribution in [0.3, 0.4) is 0 Å². The molecule has 1 N–H and O–H groups in total. The van der Waals surface area contributed by atoms with Crippen molar-refractivity contribution in [3.8, 4) is 0 Å². The van der Waals surface area contributed by atoms with Crippen molar-refractivity contribution >= 4 is 0 Å². The standard InChI is InChI=1S/C14H26N4O/c1-4-15-10-14(5-8-19-12-14)11-17(2)9-13-16-6-7-18(13)3/h6-7,15H,4-5,8-12H2,1-3H3. The number of nitrogens with one attached hydrogen (secondary N) is 1. The summed E-state index contributed by atoms with van der Waals surface area (Å²) in [7, 11) is 4.21. The molecular weight excluding hydrogens is 240 g/mol. The number of nitrogens with zero attached hydrogens (tertiary/aromatic N) is 3. The summed E-state index contributed by atoms with van der Waals surface area (Å²) in [5.41, 5.74) is 0.260. The molecule has 2 heterocycles. The minimum Gasteiger partial charge on any atom is -0.381 e. The molecular formula is C14H26N4O. The molecule has 1 unspecified atom stereocenters. The van der Waals surface area contributed by atoms with Crippen LogP contribution in [0.25, 0.3) is 0 Å². The monoisotopic (exact) mass is 266 g/mol. The molecule has 1 fully saturated rings. The summed E-state index contributed by atoms with van der Waals surface area (Å²) in [5.74, 6) is 1.11. The van der Waals surface area contributed by atoms with Gasteiger partial charge in [-0.25, -0.2) is 4.98 Å². The summed E-state index contributed by atoms with van der Waals surface area (Å²) in [6.45, 7) is 7.90. The minimum atomic E-state index is 0.260. The van der Waals surface area contributed by atoms with Gasteiger partial charge in [0.25, 0.3) is 0 Å². The minimum absolute atomic E-state index is 0.260. The van der Waals surface area contributed by atoms with E-state index in [-0.39, 0.29) is 5.41 Å². The molecule has 5 heteroatoms. The van der Waals surface area contributed by atoms with Crippen LogP contribution in [0.15, 0.2) is 12.4 Å². The zero-order chi connectivity index (χ0) is 13.7. The smallest absolute Gasteiger partial charge is 0.122 e. The lowest BCUT2D eigenvalue weighted by atomic mass is 9.86. The fraction of sp³-hybridized carbons (Fsp3) is 0.786. The average molecular weight is 266 g/mol. The summed E-state index contributed by atoms with van der Waals surface area (Å²) in [6, 6.07) is 0. The van der Waals surface area contributed by atoms with Crippen molar-refractivity contribution in [3.05, 3.63) is 18.2 Å². The van der Waals surface area contributed by atoms with Gasteiger partial charge in [-0.1, -0.05) is 6.92 Å². The maximum absolute atomic E-state index is 5.63. The van der Waals surface area contributed by atoms with Gasteiger partial charge in [0.2, 0.25) is 0 Å². The third-order valence-electron chi connectivity index (χ3n) is 3.87. The second-order valence-corrected chi connectivity index (χ2v) is 5.71. The lowest BCUT2D eigenvalue weighted by Gasteiger charge is -2.32. The van der Waals surface area contributed by atoms with Gasteiger partial charge in [0.05, 0.1) is 13.2 Å². The lowest BCUT2D eigenvalue weighted by molar-refractivity contribution is 0.115. The van der Waals surface area contributed by atoms with Gasteiger partial charge < -0.3 is 14.6 Å². The molecule has 0 aliphatic carbocycles. The Morgan fingerprint density at radius 3 is 3.00 bits per heavy atom. The highest BCUT2D eigenvalue weighted by atomic mass is 16.5. The van der Waals surface area contributed by atoms with Gasteiger partial charge >= 0.3 is 0 Å². The first-order chi connectivity index (χ1) is 9.15. The third kappa shape index (κ3) is 3.78.